The highest BCUT2D eigenvalue weighted by atomic mass is 79.9. The minimum absolute atomic E-state index is 0. The van der Waals surface area contributed by atoms with E-state index in [1.165, 1.54) is 17.0 Å². The van der Waals surface area contributed by atoms with E-state index >= 15 is 0 Å². The van der Waals surface area contributed by atoms with Crippen molar-refractivity contribution in [3.8, 4) is 0 Å². The van der Waals surface area contributed by atoms with E-state index in [2.05, 4.69) is 43.3 Å². The molecule has 3 rings (SSSR count). The summed E-state index contributed by atoms with van der Waals surface area (Å²) in [5.41, 5.74) is 7.22. The van der Waals surface area contributed by atoms with E-state index in [1.807, 2.05) is 12.1 Å². The molecule has 3 N–H and O–H groups in total. The Kier molecular flexibility index (Phi) is 9.16. The number of carbonyl (C=O) groups is 1. The molecule has 2 aromatic rings. The van der Waals surface area contributed by atoms with Crippen molar-refractivity contribution in [2.45, 2.75) is 13.0 Å². The molecule has 1 aliphatic heterocycles. The Hall–Kier alpha value is -0.860. The second-order valence-corrected chi connectivity index (χ2v) is 7.48. The normalized spacial score (nSPS) is 16.1. The Balaban J connectivity index is 0.00000156. The van der Waals surface area contributed by atoms with Crippen molar-refractivity contribution in [1.82, 2.24) is 10.3 Å². The minimum atomic E-state index is -0.109. The minimum Gasteiger partial charge on any atom is -0.371 e. The monoisotopic (exact) mass is 466 g/mol. The first-order valence-corrected chi connectivity index (χ1v) is 9.26. The molecule has 1 atom stereocenters. The van der Waals surface area contributed by atoms with Gasteiger partial charge in [-0.05, 0) is 30.5 Å². The Bertz CT molecular complexity index is 700. The summed E-state index contributed by atoms with van der Waals surface area (Å²) in [5.74, 6) is 0.354. The zero-order valence-electron chi connectivity index (χ0n) is 13.5. The number of hydrogen-bond donors (Lipinski definition) is 2. The lowest BCUT2D eigenvalue weighted by atomic mass is 10.1. The third-order valence-electron chi connectivity index (χ3n) is 3.97. The van der Waals surface area contributed by atoms with Gasteiger partial charge < -0.3 is 16.0 Å². The Morgan fingerprint density at radius 3 is 2.92 bits per heavy atom. The lowest BCUT2D eigenvalue weighted by molar-refractivity contribution is 0.0944. The number of thiazole rings is 1. The van der Waals surface area contributed by atoms with Gasteiger partial charge in [-0.3, -0.25) is 4.79 Å². The van der Waals surface area contributed by atoms with Gasteiger partial charge in [0, 0.05) is 41.7 Å². The largest absolute Gasteiger partial charge is 0.371 e. The Morgan fingerprint density at radius 1 is 1.44 bits per heavy atom. The van der Waals surface area contributed by atoms with Crippen LogP contribution in [0.15, 0.2) is 34.1 Å². The summed E-state index contributed by atoms with van der Waals surface area (Å²) in [6, 6.07) is 8.33. The fraction of sp³-hybridized carbons (Fsp3) is 0.375. The Morgan fingerprint density at radius 2 is 2.24 bits per heavy atom. The van der Waals surface area contributed by atoms with Crippen LogP contribution in [0.5, 0.6) is 0 Å². The third-order valence-corrected chi connectivity index (χ3v) is 5.33. The fourth-order valence-corrected chi connectivity index (χ4v) is 3.78. The molecular formula is C16H21BrCl2N4OS. The summed E-state index contributed by atoms with van der Waals surface area (Å²) in [6.45, 7) is 3.04. The van der Waals surface area contributed by atoms with Gasteiger partial charge in [-0.25, -0.2) is 4.98 Å². The van der Waals surface area contributed by atoms with Crippen LogP contribution in [0, 0.1) is 5.92 Å². The quantitative estimate of drug-likeness (QED) is 0.706. The van der Waals surface area contributed by atoms with Crippen LogP contribution in [-0.4, -0.2) is 30.5 Å². The number of carbonyl (C=O) groups excluding carboxylic acids is 1. The second-order valence-electron chi connectivity index (χ2n) is 5.62. The average molecular weight is 468 g/mol. The maximum atomic E-state index is 12.1. The summed E-state index contributed by atoms with van der Waals surface area (Å²) in [6.07, 6.45) is 1.08. The first-order chi connectivity index (χ1) is 11.2. The number of nitrogens with zero attached hydrogens (tertiary/aromatic N) is 2. The van der Waals surface area contributed by atoms with Crippen molar-refractivity contribution in [2.24, 2.45) is 11.7 Å². The molecule has 0 bridgehead atoms. The molecule has 0 radical (unpaired) electrons. The number of halogens is 3. The topological polar surface area (TPSA) is 71.2 Å². The van der Waals surface area contributed by atoms with Gasteiger partial charge in [0.25, 0.3) is 5.91 Å². The lowest BCUT2D eigenvalue weighted by Gasteiger charge is -2.19. The van der Waals surface area contributed by atoms with Gasteiger partial charge in [-0.2, -0.15) is 0 Å². The van der Waals surface area contributed by atoms with Gasteiger partial charge in [0.2, 0.25) is 0 Å². The van der Waals surface area contributed by atoms with Crippen molar-refractivity contribution in [3.63, 3.8) is 0 Å². The molecule has 0 spiro atoms. The third kappa shape index (κ3) is 5.82. The summed E-state index contributed by atoms with van der Waals surface area (Å²) in [4.78, 5) is 18.7. The molecule has 0 aliphatic carbocycles. The maximum Gasteiger partial charge on any atom is 0.270 e. The summed E-state index contributed by atoms with van der Waals surface area (Å²) in [5, 5.41) is 5.54. The molecule has 2 heterocycles. The van der Waals surface area contributed by atoms with Crippen LogP contribution >= 0.6 is 52.1 Å². The van der Waals surface area contributed by atoms with Gasteiger partial charge in [0.15, 0.2) is 0 Å². The molecule has 1 saturated heterocycles. The molecular weight excluding hydrogens is 447 g/mol. The van der Waals surface area contributed by atoms with E-state index in [0.717, 1.165) is 29.0 Å². The first kappa shape index (κ1) is 22.2. The number of nitrogens with one attached hydrogen (secondary N) is 1. The van der Waals surface area contributed by atoms with Gasteiger partial charge in [-0.1, -0.05) is 22.0 Å². The smallest absolute Gasteiger partial charge is 0.270 e. The highest BCUT2D eigenvalue weighted by molar-refractivity contribution is 9.10. The maximum absolute atomic E-state index is 12.1. The molecule has 1 aliphatic rings. The van der Waals surface area contributed by atoms with Crippen molar-refractivity contribution < 1.29 is 4.79 Å². The predicted molar refractivity (Wildman–Crippen MR) is 111 cm³/mol. The number of nitrogens with two attached hydrogens (primary N) is 1. The van der Waals surface area contributed by atoms with Crippen LogP contribution in [0.4, 0.5) is 5.69 Å². The van der Waals surface area contributed by atoms with Crippen molar-refractivity contribution in [1.29, 1.82) is 0 Å². The summed E-state index contributed by atoms with van der Waals surface area (Å²) < 4.78 is 1.09. The van der Waals surface area contributed by atoms with Gasteiger partial charge in [0.1, 0.15) is 10.7 Å². The molecule has 0 saturated carbocycles. The van der Waals surface area contributed by atoms with Gasteiger partial charge >= 0.3 is 0 Å². The molecule has 1 fully saturated rings. The summed E-state index contributed by atoms with van der Waals surface area (Å²) >= 11 is 4.93. The highest BCUT2D eigenvalue weighted by Gasteiger charge is 2.23. The van der Waals surface area contributed by atoms with Crippen LogP contribution in [0.3, 0.4) is 0 Å². The number of hydrogen-bond acceptors (Lipinski definition) is 5. The van der Waals surface area contributed by atoms with E-state index in [9.17, 15) is 4.79 Å². The molecule has 1 aromatic heterocycles. The van der Waals surface area contributed by atoms with Crippen LogP contribution in [0.2, 0.25) is 0 Å². The molecule has 138 valence electrons. The van der Waals surface area contributed by atoms with Crippen LogP contribution in [0.25, 0.3) is 0 Å². The number of amides is 1. The number of benzene rings is 1. The van der Waals surface area contributed by atoms with E-state index < -0.39 is 0 Å². The van der Waals surface area contributed by atoms with Crippen LogP contribution in [0.1, 0.15) is 21.9 Å². The van der Waals surface area contributed by atoms with E-state index in [1.54, 1.807) is 5.38 Å². The highest BCUT2D eigenvalue weighted by Crippen LogP contribution is 2.26. The van der Waals surface area contributed by atoms with Gasteiger partial charge in [0.05, 0.1) is 0 Å². The Labute approximate surface area is 172 Å². The molecule has 9 heteroatoms. The average Bonchev–Trinajstić information content (AvgIpc) is 3.22. The van der Waals surface area contributed by atoms with Crippen LogP contribution < -0.4 is 16.0 Å². The molecule has 1 amide bonds. The van der Waals surface area contributed by atoms with Crippen molar-refractivity contribution >= 4 is 63.7 Å². The number of anilines is 1. The molecule has 5 nitrogen and oxygen atoms in total. The SMILES string of the molecule is Cl.Cl.NCc1nc(C(=O)NCC2CCN(c3cccc(Br)c3)C2)cs1. The first-order valence-electron chi connectivity index (χ1n) is 7.59. The summed E-state index contributed by atoms with van der Waals surface area (Å²) in [7, 11) is 0. The van der Waals surface area contributed by atoms with E-state index in [-0.39, 0.29) is 30.7 Å². The van der Waals surface area contributed by atoms with E-state index in [0.29, 0.717) is 24.7 Å². The molecule has 1 aromatic carbocycles. The zero-order chi connectivity index (χ0) is 16.2. The standard InChI is InChI=1S/C16H19BrN4OS.2ClH/c17-12-2-1-3-13(6-12)21-5-4-11(9-21)8-19-16(22)14-10-23-15(7-18)20-14;;/h1-3,6,10-11H,4-5,7-9,18H2,(H,19,22);2*1H. The van der Waals surface area contributed by atoms with Crippen LogP contribution in [-0.2, 0) is 6.54 Å². The lowest BCUT2D eigenvalue weighted by Crippen LogP contribution is -2.31. The zero-order valence-corrected chi connectivity index (χ0v) is 17.5. The predicted octanol–water partition coefficient (Wildman–Crippen LogP) is 3.46. The van der Waals surface area contributed by atoms with Crippen molar-refractivity contribution in [2.75, 3.05) is 24.5 Å². The number of aromatic nitrogens is 1. The second kappa shape index (κ2) is 10.3. The van der Waals surface area contributed by atoms with Crippen molar-refractivity contribution in [3.05, 3.63) is 44.8 Å². The number of rotatable bonds is 5. The van der Waals surface area contributed by atoms with E-state index in [4.69, 9.17) is 5.73 Å². The fourth-order valence-electron chi connectivity index (χ4n) is 2.74. The van der Waals surface area contributed by atoms with Gasteiger partial charge in [-0.15, -0.1) is 36.2 Å². The molecule has 1 unspecified atom stereocenters. The molecule has 25 heavy (non-hydrogen) atoms.